The molecule has 138 valence electrons. The summed E-state index contributed by atoms with van der Waals surface area (Å²) in [6.45, 7) is 0. The lowest BCUT2D eigenvalue weighted by atomic mass is 9.81. The highest BCUT2D eigenvalue weighted by Crippen LogP contribution is 2.33. The van der Waals surface area contributed by atoms with Crippen LogP contribution in [-0.4, -0.2) is 16.9 Å². The van der Waals surface area contributed by atoms with Gasteiger partial charge < -0.3 is 10.3 Å². The van der Waals surface area contributed by atoms with Gasteiger partial charge in [-0.15, -0.1) is 0 Å². The lowest BCUT2D eigenvalue weighted by molar-refractivity contribution is 0.0927. The van der Waals surface area contributed by atoms with Crippen LogP contribution in [0.5, 0.6) is 0 Å². The normalized spacial score (nSPS) is 19.7. The van der Waals surface area contributed by atoms with Gasteiger partial charge in [0.05, 0.1) is 5.56 Å². The molecule has 0 spiro atoms. The maximum atomic E-state index is 13.1. The Balaban J connectivity index is 1.44. The summed E-state index contributed by atoms with van der Waals surface area (Å²) in [5.74, 6) is 0.0353. The highest BCUT2D eigenvalue weighted by Gasteiger charge is 2.24. The van der Waals surface area contributed by atoms with E-state index in [1.165, 1.54) is 18.3 Å². The molecular weight excluding hydrogens is 343 g/mol. The summed E-state index contributed by atoms with van der Waals surface area (Å²) in [4.78, 5) is 27.3. The van der Waals surface area contributed by atoms with E-state index in [2.05, 4.69) is 10.3 Å². The van der Waals surface area contributed by atoms with E-state index in [-0.39, 0.29) is 23.3 Å². The Labute approximate surface area is 156 Å². The van der Waals surface area contributed by atoms with Crippen molar-refractivity contribution in [1.29, 1.82) is 0 Å². The topological polar surface area (TPSA) is 62.0 Å². The van der Waals surface area contributed by atoms with Crippen LogP contribution in [0.4, 0.5) is 4.39 Å². The molecule has 1 aliphatic rings. The summed E-state index contributed by atoms with van der Waals surface area (Å²) in [7, 11) is 0. The minimum atomic E-state index is -0.215. The number of carbonyl (C=O) groups is 1. The van der Waals surface area contributed by atoms with Crippen LogP contribution in [0, 0.1) is 5.82 Å². The number of aromatic amines is 1. The van der Waals surface area contributed by atoms with Crippen LogP contribution < -0.4 is 10.9 Å². The Morgan fingerprint density at radius 3 is 2.33 bits per heavy atom. The third kappa shape index (κ3) is 3.63. The summed E-state index contributed by atoms with van der Waals surface area (Å²) >= 11 is 0. The Morgan fingerprint density at radius 2 is 1.63 bits per heavy atom. The standard InChI is InChI=1S/C22H21FN2O2/c23-16-9-5-14(6-10-16)15-7-11-17(12-8-15)25-22(27)20-13-24-21(26)19-4-2-1-3-18(19)20/h1-6,9-10,13,15,17H,7-8,11-12H2,(H,24,26)(H,25,27). The molecule has 4 nitrogen and oxygen atoms in total. The zero-order valence-corrected chi connectivity index (χ0v) is 14.9. The molecule has 0 atom stereocenters. The molecule has 2 N–H and O–H groups in total. The van der Waals surface area contributed by atoms with Crippen molar-refractivity contribution < 1.29 is 9.18 Å². The molecule has 1 amide bonds. The average Bonchev–Trinajstić information content (AvgIpc) is 2.70. The lowest BCUT2D eigenvalue weighted by Gasteiger charge is -2.29. The first kappa shape index (κ1) is 17.5. The molecule has 0 radical (unpaired) electrons. The summed E-state index contributed by atoms with van der Waals surface area (Å²) in [6, 6.07) is 14.0. The van der Waals surface area contributed by atoms with E-state index >= 15 is 0 Å². The number of rotatable bonds is 3. The molecule has 27 heavy (non-hydrogen) atoms. The number of carbonyl (C=O) groups excluding carboxylic acids is 1. The van der Waals surface area contributed by atoms with Crippen molar-refractivity contribution in [2.45, 2.75) is 37.6 Å². The number of benzene rings is 2. The van der Waals surface area contributed by atoms with E-state index in [9.17, 15) is 14.0 Å². The molecule has 0 saturated heterocycles. The second-order valence-corrected chi connectivity index (χ2v) is 7.15. The number of amides is 1. The maximum absolute atomic E-state index is 13.1. The molecule has 1 heterocycles. The Hall–Kier alpha value is -2.95. The molecule has 5 heteroatoms. The van der Waals surface area contributed by atoms with E-state index in [0.717, 1.165) is 31.2 Å². The predicted molar refractivity (Wildman–Crippen MR) is 103 cm³/mol. The monoisotopic (exact) mass is 364 g/mol. The molecule has 4 rings (SSSR count). The van der Waals surface area contributed by atoms with Crippen LogP contribution in [-0.2, 0) is 0 Å². The van der Waals surface area contributed by atoms with E-state index < -0.39 is 0 Å². The Bertz CT molecular complexity index is 1020. The number of nitrogens with one attached hydrogen (secondary N) is 2. The van der Waals surface area contributed by atoms with E-state index in [1.807, 2.05) is 18.2 Å². The van der Waals surface area contributed by atoms with Crippen molar-refractivity contribution in [3.05, 3.63) is 82.0 Å². The van der Waals surface area contributed by atoms with Crippen molar-refractivity contribution in [3.63, 3.8) is 0 Å². The van der Waals surface area contributed by atoms with Gasteiger partial charge in [0.1, 0.15) is 5.82 Å². The van der Waals surface area contributed by atoms with Gasteiger partial charge in [0.15, 0.2) is 0 Å². The Morgan fingerprint density at radius 1 is 0.963 bits per heavy atom. The average molecular weight is 364 g/mol. The number of H-pyrrole nitrogens is 1. The molecule has 0 bridgehead atoms. The van der Waals surface area contributed by atoms with Gasteiger partial charge in [0, 0.05) is 23.0 Å². The van der Waals surface area contributed by atoms with Crippen LogP contribution >= 0.6 is 0 Å². The molecule has 1 aromatic heterocycles. The van der Waals surface area contributed by atoms with E-state index in [1.54, 1.807) is 18.2 Å². The van der Waals surface area contributed by atoms with Crippen LogP contribution in [0.2, 0.25) is 0 Å². The van der Waals surface area contributed by atoms with Crippen LogP contribution in [0.1, 0.15) is 47.5 Å². The Kier molecular flexibility index (Phi) is 4.75. The molecule has 0 unspecified atom stereocenters. The lowest BCUT2D eigenvalue weighted by Crippen LogP contribution is -2.37. The molecule has 2 aromatic carbocycles. The molecule has 1 aliphatic carbocycles. The number of fused-ring (bicyclic) bond motifs is 1. The van der Waals surface area contributed by atoms with Crippen molar-refractivity contribution in [1.82, 2.24) is 10.3 Å². The summed E-state index contributed by atoms with van der Waals surface area (Å²) < 4.78 is 13.1. The summed E-state index contributed by atoms with van der Waals surface area (Å²) in [6.07, 6.45) is 5.18. The number of hydrogen-bond acceptors (Lipinski definition) is 2. The quantitative estimate of drug-likeness (QED) is 0.734. The van der Waals surface area contributed by atoms with Gasteiger partial charge in [-0.25, -0.2) is 4.39 Å². The zero-order valence-electron chi connectivity index (χ0n) is 14.9. The third-order valence-electron chi connectivity index (χ3n) is 5.46. The highest BCUT2D eigenvalue weighted by molar-refractivity contribution is 6.06. The number of halogens is 1. The molecular formula is C22H21FN2O2. The first-order valence-corrected chi connectivity index (χ1v) is 9.28. The summed E-state index contributed by atoms with van der Waals surface area (Å²) in [5, 5.41) is 4.29. The van der Waals surface area contributed by atoms with Gasteiger partial charge in [-0.1, -0.05) is 30.3 Å². The maximum Gasteiger partial charge on any atom is 0.255 e. The van der Waals surface area contributed by atoms with Gasteiger partial charge in [-0.2, -0.15) is 0 Å². The fourth-order valence-electron chi connectivity index (χ4n) is 3.97. The molecule has 0 aliphatic heterocycles. The van der Waals surface area contributed by atoms with E-state index in [0.29, 0.717) is 22.3 Å². The van der Waals surface area contributed by atoms with Crippen molar-refractivity contribution in [2.75, 3.05) is 0 Å². The number of pyridine rings is 1. The third-order valence-corrected chi connectivity index (χ3v) is 5.46. The number of aromatic nitrogens is 1. The minimum Gasteiger partial charge on any atom is -0.349 e. The first-order valence-electron chi connectivity index (χ1n) is 9.28. The number of hydrogen-bond donors (Lipinski definition) is 2. The van der Waals surface area contributed by atoms with Crippen molar-refractivity contribution >= 4 is 16.7 Å². The van der Waals surface area contributed by atoms with E-state index in [4.69, 9.17) is 0 Å². The smallest absolute Gasteiger partial charge is 0.255 e. The SMILES string of the molecule is O=C(NC1CCC(c2ccc(F)cc2)CC1)c1c[nH]c(=O)c2ccccc12. The van der Waals surface area contributed by atoms with Crippen molar-refractivity contribution in [3.8, 4) is 0 Å². The zero-order chi connectivity index (χ0) is 18.8. The molecule has 1 saturated carbocycles. The molecule has 3 aromatic rings. The predicted octanol–water partition coefficient (Wildman–Crippen LogP) is 4.12. The van der Waals surface area contributed by atoms with Gasteiger partial charge in [-0.3, -0.25) is 9.59 Å². The largest absolute Gasteiger partial charge is 0.349 e. The second kappa shape index (κ2) is 7.35. The van der Waals surface area contributed by atoms with Crippen molar-refractivity contribution in [2.24, 2.45) is 0 Å². The fourth-order valence-corrected chi connectivity index (χ4v) is 3.97. The molecule has 1 fully saturated rings. The highest BCUT2D eigenvalue weighted by atomic mass is 19.1. The summed E-state index contributed by atoms with van der Waals surface area (Å²) in [5.41, 5.74) is 1.46. The van der Waals surface area contributed by atoms with Gasteiger partial charge in [-0.05, 0) is 55.4 Å². The minimum absolute atomic E-state index is 0.111. The van der Waals surface area contributed by atoms with Crippen LogP contribution in [0.3, 0.4) is 0 Å². The second-order valence-electron chi connectivity index (χ2n) is 7.15. The van der Waals surface area contributed by atoms with Gasteiger partial charge in [0.2, 0.25) is 0 Å². The fraction of sp³-hybridized carbons (Fsp3) is 0.273. The first-order chi connectivity index (χ1) is 13.1. The van der Waals surface area contributed by atoms with Gasteiger partial charge >= 0.3 is 0 Å². The van der Waals surface area contributed by atoms with Crippen LogP contribution in [0.25, 0.3) is 10.8 Å². The van der Waals surface area contributed by atoms with Gasteiger partial charge in [0.25, 0.3) is 11.5 Å². The van der Waals surface area contributed by atoms with Crippen LogP contribution in [0.15, 0.2) is 59.5 Å².